The van der Waals surface area contributed by atoms with Crippen molar-refractivity contribution in [3.63, 3.8) is 0 Å². The predicted octanol–water partition coefficient (Wildman–Crippen LogP) is 6.89. The lowest BCUT2D eigenvalue weighted by atomic mass is 10.0. The molecule has 0 spiro atoms. The van der Waals surface area contributed by atoms with Crippen molar-refractivity contribution in [1.29, 1.82) is 0 Å². The van der Waals surface area contributed by atoms with Gasteiger partial charge in [-0.25, -0.2) is 0 Å². The SMILES string of the molecule is O=P(c1ccccc1)(c1ccccc1)c1cccc(-c2ccc3c(c2)Oc2ccccc2O3)c1. The highest BCUT2D eigenvalue weighted by Crippen LogP contribution is 2.47. The molecular weight excluding hydrogens is 439 g/mol. The summed E-state index contributed by atoms with van der Waals surface area (Å²) in [6.07, 6.45) is 0. The summed E-state index contributed by atoms with van der Waals surface area (Å²) >= 11 is 0. The molecule has 0 saturated heterocycles. The van der Waals surface area contributed by atoms with Crippen LogP contribution in [-0.4, -0.2) is 0 Å². The zero-order chi connectivity index (χ0) is 23.0. The molecule has 0 N–H and O–H groups in total. The van der Waals surface area contributed by atoms with Gasteiger partial charge < -0.3 is 14.0 Å². The molecule has 0 aromatic heterocycles. The van der Waals surface area contributed by atoms with Crippen LogP contribution in [0.2, 0.25) is 0 Å². The van der Waals surface area contributed by atoms with Gasteiger partial charge in [0.2, 0.25) is 0 Å². The third-order valence-corrected chi connectivity index (χ3v) is 9.07. The molecule has 0 saturated carbocycles. The summed E-state index contributed by atoms with van der Waals surface area (Å²) in [5.41, 5.74) is 1.94. The van der Waals surface area contributed by atoms with E-state index < -0.39 is 7.14 Å². The number of fused-ring (bicyclic) bond motifs is 2. The number of hydrogen-bond donors (Lipinski definition) is 0. The molecule has 5 aromatic carbocycles. The van der Waals surface area contributed by atoms with Crippen LogP contribution >= 0.6 is 7.14 Å². The Kier molecular flexibility index (Phi) is 5.05. The zero-order valence-electron chi connectivity index (χ0n) is 18.3. The molecule has 1 aliphatic heterocycles. The van der Waals surface area contributed by atoms with Gasteiger partial charge in [-0.2, -0.15) is 0 Å². The first-order chi connectivity index (χ1) is 16.7. The van der Waals surface area contributed by atoms with Crippen LogP contribution in [0.15, 0.2) is 127 Å². The zero-order valence-corrected chi connectivity index (χ0v) is 19.2. The van der Waals surface area contributed by atoms with Crippen molar-refractivity contribution in [2.75, 3.05) is 0 Å². The van der Waals surface area contributed by atoms with Crippen LogP contribution in [0.1, 0.15) is 0 Å². The maximum Gasteiger partial charge on any atom is 0.171 e. The molecule has 1 aliphatic rings. The molecular formula is C30H21O3P. The van der Waals surface area contributed by atoms with Crippen molar-refractivity contribution in [1.82, 2.24) is 0 Å². The van der Waals surface area contributed by atoms with E-state index >= 15 is 0 Å². The third kappa shape index (κ3) is 3.51. The molecule has 164 valence electrons. The van der Waals surface area contributed by atoms with Gasteiger partial charge in [-0.1, -0.05) is 97.1 Å². The van der Waals surface area contributed by atoms with E-state index in [1.807, 2.05) is 127 Å². The second kappa shape index (κ2) is 8.37. The minimum absolute atomic E-state index is 0.663. The van der Waals surface area contributed by atoms with Gasteiger partial charge >= 0.3 is 0 Å². The van der Waals surface area contributed by atoms with Crippen molar-refractivity contribution in [3.05, 3.63) is 127 Å². The Balaban J connectivity index is 1.44. The first kappa shape index (κ1) is 20.5. The van der Waals surface area contributed by atoms with Crippen LogP contribution in [0, 0.1) is 0 Å². The maximum absolute atomic E-state index is 14.7. The molecule has 0 bridgehead atoms. The summed E-state index contributed by atoms with van der Waals surface area (Å²) in [6.45, 7) is 0. The van der Waals surface area contributed by atoms with Crippen LogP contribution in [0.3, 0.4) is 0 Å². The van der Waals surface area contributed by atoms with Crippen molar-refractivity contribution in [2.24, 2.45) is 0 Å². The molecule has 5 aromatic rings. The fraction of sp³-hybridized carbons (Fsp3) is 0. The minimum Gasteiger partial charge on any atom is -0.450 e. The van der Waals surface area contributed by atoms with Gasteiger partial charge in [-0.05, 0) is 41.5 Å². The van der Waals surface area contributed by atoms with E-state index in [9.17, 15) is 4.57 Å². The lowest BCUT2D eigenvalue weighted by Gasteiger charge is -2.22. The summed E-state index contributed by atoms with van der Waals surface area (Å²) in [6, 6.07) is 40.9. The smallest absolute Gasteiger partial charge is 0.171 e. The molecule has 34 heavy (non-hydrogen) atoms. The lowest BCUT2D eigenvalue weighted by Crippen LogP contribution is -2.25. The Hall–Kier alpha value is -4.07. The van der Waals surface area contributed by atoms with Gasteiger partial charge in [-0.15, -0.1) is 0 Å². The first-order valence-electron chi connectivity index (χ1n) is 11.1. The van der Waals surface area contributed by atoms with Crippen molar-refractivity contribution < 1.29 is 14.0 Å². The van der Waals surface area contributed by atoms with E-state index in [-0.39, 0.29) is 0 Å². The second-order valence-electron chi connectivity index (χ2n) is 8.14. The molecule has 4 heteroatoms. The Labute approximate surface area is 198 Å². The molecule has 0 unspecified atom stereocenters. The van der Waals surface area contributed by atoms with E-state index in [1.165, 1.54) is 0 Å². The number of rotatable bonds is 4. The van der Waals surface area contributed by atoms with Crippen LogP contribution in [0.4, 0.5) is 0 Å². The second-order valence-corrected chi connectivity index (χ2v) is 10.9. The summed E-state index contributed by atoms with van der Waals surface area (Å²) in [7, 11) is -3.05. The Morgan fingerprint density at radius 3 is 1.56 bits per heavy atom. The highest BCUT2D eigenvalue weighted by molar-refractivity contribution is 7.85. The minimum atomic E-state index is -3.05. The number of benzene rings is 5. The van der Waals surface area contributed by atoms with E-state index in [0.717, 1.165) is 27.0 Å². The number of hydrogen-bond acceptors (Lipinski definition) is 3. The number of para-hydroxylation sites is 2. The van der Waals surface area contributed by atoms with Gasteiger partial charge in [0, 0.05) is 15.9 Å². The quantitative estimate of drug-likeness (QED) is 0.269. The third-order valence-electron chi connectivity index (χ3n) is 6.02. The molecule has 0 amide bonds. The van der Waals surface area contributed by atoms with Crippen molar-refractivity contribution >= 4 is 23.1 Å². The molecule has 0 radical (unpaired) electrons. The summed E-state index contributed by atoms with van der Waals surface area (Å²) < 4.78 is 26.8. The van der Waals surface area contributed by atoms with Gasteiger partial charge in [0.25, 0.3) is 0 Å². The van der Waals surface area contributed by atoms with Crippen LogP contribution in [0.25, 0.3) is 11.1 Å². The monoisotopic (exact) mass is 460 g/mol. The molecule has 0 fully saturated rings. The first-order valence-corrected chi connectivity index (χ1v) is 12.8. The van der Waals surface area contributed by atoms with Crippen LogP contribution in [0.5, 0.6) is 23.0 Å². The average molecular weight is 460 g/mol. The maximum atomic E-state index is 14.7. The molecule has 0 aliphatic carbocycles. The molecule has 6 rings (SSSR count). The summed E-state index contributed by atoms with van der Waals surface area (Å²) in [4.78, 5) is 0. The van der Waals surface area contributed by atoms with Crippen LogP contribution in [-0.2, 0) is 4.57 Å². The van der Waals surface area contributed by atoms with Gasteiger partial charge in [0.15, 0.2) is 30.1 Å². The Morgan fingerprint density at radius 2 is 0.912 bits per heavy atom. The topological polar surface area (TPSA) is 35.5 Å². The van der Waals surface area contributed by atoms with Crippen molar-refractivity contribution in [3.8, 4) is 34.1 Å². The molecule has 0 atom stereocenters. The van der Waals surface area contributed by atoms with Crippen LogP contribution < -0.4 is 25.4 Å². The molecule has 1 heterocycles. The highest BCUT2D eigenvalue weighted by Gasteiger charge is 2.30. The highest BCUT2D eigenvalue weighted by atomic mass is 31.2. The number of ether oxygens (including phenoxy) is 2. The van der Waals surface area contributed by atoms with Gasteiger partial charge in [-0.3, -0.25) is 0 Å². The Morgan fingerprint density at radius 1 is 0.412 bits per heavy atom. The average Bonchev–Trinajstić information content (AvgIpc) is 2.92. The summed E-state index contributed by atoms with van der Waals surface area (Å²) in [5.74, 6) is 2.74. The molecule has 3 nitrogen and oxygen atoms in total. The normalized spacial score (nSPS) is 12.1. The standard InChI is InChI=1S/C30H21O3P/c31-34(24-11-3-1-4-12-24,25-13-5-2-6-14-25)26-15-9-10-22(20-26)23-18-19-29-30(21-23)33-28-17-8-7-16-27(28)32-29/h1-21H. The fourth-order valence-electron chi connectivity index (χ4n) is 4.31. The largest absolute Gasteiger partial charge is 0.450 e. The van der Waals surface area contributed by atoms with Crippen molar-refractivity contribution in [2.45, 2.75) is 0 Å². The van der Waals surface area contributed by atoms with Gasteiger partial charge in [0.1, 0.15) is 0 Å². The predicted molar refractivity (Wildman–Crippen MR) is 138 cm³/mol. The van der Waals surface area contributed by atoms with Gasteiger partial charge in [0.05, 0.1) is 0 Å². The Bertz CT molecular complexity index is 1480. The summed E-state index contributed by atoms with van der Waals surface area (Å²) in [5, 5.41) is 2.43. The van der Waals surface area contributed by atoms with E-state index in [0.29, 0.717) is 23.0 Å². The fourth-order valence-corrected chi connectivity index (χ4v) is 7.01. The van der Waals surface area contributed by atoms with E-state index in [4.69, 9.17) is 9.47 Å². The lowest BCUT2D eigenvalue weighted by molar-refractivity contribution is 0.360. The van der Waals surface area contributed by atoms with E-state index in [1.54, 1.807) is 0 Å². The van der Waals surface area contributed by atoms with E-state index in [2.05, 4.69) is 0 Å².